The van der Waals surface area contributed by atoms with E-state index in [2.05, 4.69) is 36.9 Å². The maximum atomic E-state index is 12.6. The number of nitrogens with zero attached hydrogens (tertiary/aromatic N) is 2. The molecule has 126 valence electrons. The summed E-state index contributed by atoms with van der Waals surface area (Å²) in [7, 11) is 0. The Morgan fingerprint density at radius 2 is 1.96 bits per heavy atom. The summed E-state index contributed by atoms with van der Waals surface area (Å²) < 4.78 is 5.78. The molecule has 2 aliphatic heterocycles. The van der Waals surface area contributed by atoms with E-state index in [4.69, 9.17) is 4.74 Å². The van der Waals surface area contributed by atoms with E-state index in [1.807, 2.05) is 4.90 Å². The highest BCUT2D eigenvalue weighted by Gasteiger charge is 2.30. The van der Waals surface area contributed by atoms with E-state index in [-0.39, 0.29) is 12.0 Å². The van der Waals surface area contributed by atoms with Crippen LogP contribution in [-0.2, 0) is 16.1 Å². The van der Waals surface area contributed by atoms with Crippen molar-refractivity contribution >= 4 is 5.91 Å². The molecule has 0 spiro atoms. The van der Waals surface area contributed by atoms with Gasteiger partial charge in [0.2, 0.25) is 0 Å². The van der Waals surface area contributed by atoms with Gasteiger partial charge in [0.15, 0.2) is 0 Å². The van der Waals surface area contributed by atoms with Crippen molar-refractivity contribution in [1.82, 2.24) is 9.80 Å². The van der Waals surface area contributed by atoms with Gasteiger partial charge in [0.05, 0.1) is 6.61 Å². The van der Waals surface area contributed by atoms with E-state index in [9.17, 15) is 4.79 Å². The predicted molar refractivity (Wildman–Crippen MR) is 91.4 cm³/mol. The number of hydrogen-bond donors (Lipinski definition) is 0. The van der Waals surface area contributed by atoms with E-state index in [1.165, 1.54) is 23.1 Å². The number of likely N-dealkylation sites (tertiary alicyclic amines) is 1. The van der Waals surface area contributed by atoms with Crippen LogP contribution in [0.4, 0.5) is 0 Å². The molecule has 0 radical (unpaired) electrons. The summed E-state index contributed by atoms with van der Waals surface area (Å²) in [6.07, 6.45) is 3.22. The smallest absolute Gasteiger partial charge is 0.253 e. The zero-order valence-electron chi connectivity index (χ0n) is 14.4. The van der Waals surface area contributed by atoms with Crippen LogP contribution in [0.5, 0.6) is 0 Å². The number of carbonyl (C=O) groups excluding carboxylic acids is 1. The molecular formula is C19H28N2O2. The van der Waals surface area contributed by atoms with Crippen molar-refractivity contribution in [2.75, 3.05) is 32.8 Å². The van der Waals surface area contributed by atoms with Gasteiger partial charge in [-0.15, -0.1) is 0 Å². The lowest BCUT2D eigenvalue weighted by molar-refractivity contribution is -0.150. The summed E-state index contributed by atoms with van der Waals surface area (Å²) >= 11 is 0. The Morgan fingerprint density at radius 3 is 2.74 bits per heavy atom. The maximum Gasteiger partial charge on any atom is 0.253 e. The average Bonchev–Trinajstić information content (AvgIpc) is 2.58. The molecule has 23 heavy (non-hydrogen) atoms. The van der Waals surface area contributed by atoms with Crippen LogP contribution < -0.4 is 0 Å². The fraction of sp³-hybridized carbons (Fsp3) is 0.632. The standard InChI is InChI=1S/C19H28N2O2/c1-15-6-7-16(2)17(12-15)13-20-10-11-23-18(14-20)19(22)21-8-4-3-5-9-21/h6-7,12,18H,3-5,8-11,13-14H2,1-2H3. The average molecular weight is 316 g/mol. The Morgan fingerprint density at radius 1 is 1.17 bits per heavy atom. The van der Waals surface area contributed by atoms with Gasteiger partial charge in [-0.2, -0.15) is 0 Å². The number of benzene rings is 1. The van der Waals surface area contributed by atoms with Crippen molar-refractivity contribution in [3.05, 3.63) is 34.9 Å². The number of ether oxygens (including phenoxy) is 1. The van der Waals surface area contributed by atoms with Crippen molar-refractivity contribution in [3.63, 3.8) is 0 Å². The third kappa shape index (κ3) is 4.12. The van der Waals surface area contributed by atoms with Crippen molar-refractivity contribution in [2.24, 2.45) is 0 Å². The largest absolute Gasteiger partial charge is 0.366 e. The molecule has 1 atom stereocenters. The SMILES string of the molecule is Cc1ccc(C)c(CN2CCOC(C(=O)N3CCCCC3)C2)c1. The van der Waals surface area contributed by atoms with E-state index >= 15 is 0 Å². The van der Waals surface area contributed by atoms with E-state index in [0.29, 0.717) is 13.2 Å². The molecule has 0 aliphatic carbocycles. The Balaban J connectivity index is 1.61. The van der Waals surface area contributed by atoms with Crippen LogP contribution in [-0.4, -0.2) is 54.6 Å². The highest BCUT2D eigenvalue weighted by Crippen LogP contribution is 2.18. The number of carbonyl (C=O) groups is 1. The molecule has 0 saturated carbocycles. The number of morpholine rings is 1. The second-order valence-corrected chi connectivity index (χ2v) is 6.91. The zero-order valence-corrected chi connectivity index (χ0v) is 14.4. The lowest BCUT2D eigenvalue weighted by Gasteiger charge is -2.36. The topological polar surface area (TPSA) is 32.8 Å². The van der Waals surface area contributed by atoms with Gasteiger partial charge >= 0.3 is 0 Å². The highest BCUT2D eigenvalue weighted by atomic mass is 16.5. The van der Waals surface area contributed by atoms with Gasteiger partial charge in [-0.05, 0) is 44.2 Å². The minimum atomic E-state index is -0.285. The Hall–Kier alpha value is -1.39. The summed E-state index contributed by atoms with van der Waals surface area (Å²) in [6, 6.07) is 6.59. The lowest BCUT2D eigenvalue weighted by atomic mass is 10.0. The molecule has 2 aliphatic rings. The van der Waals surface area contributed by atoms with E-state index < -0.39 is 0 Å². The van der Waals surface area contributed by atoms with Crippen molar-refractivity contribution < 1.29 is 9.53 Å². The molecule has 0 bridgehead atoms. The predicted octanol–water partition coefficient (Wildman–Crippen LogP) is 2.52. The van der Waals surface area contributed by atoms with Gasteiger partial charge < -0.3 is 9.64 Å². The Labute approximate surface area is 139 Å². The van der Waals surface area contributed by atoms with Crippen molar-refractivity contribution in [2.45, 2.75) is 45.8 Å². The first-order chi connectivity index (χ1) is 11.1. The summed E-state index contributed by atoms with van der Waals surface area (Å²) in [4.78, 5) is 17.0. The molecule has 0 N–H and O–H groups in total. The fourth-order valence-electron chi connectivity index (χ4n) is 3.52. The molecule has 4 heteroatoms. The monoisotopic (exact) mass is 316 g/mol. The van der Waals surface area contributed by atoms with Crippen LogP contribution in [0.25, 0.3) is 0 Å². The van der Waals surface area contributed by atoms with E-state index in [1.54, 1.807) is 0 Å². The summed E-state index contributed by atoms with van der Waals surface area (Å²) in [5.41, 5.74) is 3.97. The first-order valence-corrected chi connectivity index (χ1v) is 8.82. The lowest BCUT2D eigenvalue weighted by Crippen LogP contribution is -2.51. The second kappa shape index (κ2) is 7.45. The van der Waals surface area contributed by atoms with Gasteiger partial charge in [-0.3, -0.25) is 9.69 Å². The number of amides is 1. The Bertz CT molecular complexity index is 552. The van der Waals surface area contributed by atoms with Gasteiger partial charge in [0, 0.05) is 32.7 Å². The number of piperidine rings is 1. The molecule has 4 nitrogen and oxygen atoms in total. The molecule has 1 amide bonds. The minimum absolute atomic E-state index is 0.190. The third-order valence-corrected chi connectivity index (χ3v) is 4.99. The highest BCUT2D eigenvalue weighted by molar-refractivity contribution is 5.81. The van der Waals surface area contributed by atoms with Crippen LogP contribution in [0.1, 0.15) is 36.0 Å². The molecular weight excluding hydrogens is 288 g/mol. The molecule has 2 heterocycles. The molecule has 0 aromatic heterocycles. The summed E-state index contributed by atoms with van der Waals surface area (Å²) in [5, 5.41) is 0. The molecule has 1 aromatic carbocycles. The van der Waals surface area contributed by atoms with Gasteiger partial charge in [-0.1, -0.05) is 23.8 Å². The third-order valence-electron chi connectivity index (χ3n) is 4.99. The molecule has 2 fully saturated rings. The first-order valence-electron chi connectivity index (χ1n) is 8.82. The number of hydrogen-bond acceptors (Lipinski definition) is 3. The van der Waals surface area contributed by atoms with Crippen LogP contribution in [0.3, 0.4) is 0 Å². The molecule has 2 saturated heterocycles. The summed E-state index contributed by atoms with van der Waals surface area (Å²) in [5.74, 6) is 0.190. The van der Waals surface area contributed by atoms with Crippen LogP contribution in [0.2, 0.25) is 0 Å². The summed E-state index contributed by atoms with van der Waals surface area (Å²) in [6.45, 7) is 9.25. The number of rotatable bonds is 3. The normalized spacial score (nSPS) is 23.0. The van der Waals surface area contributed by atoms with Crippen molar-refractivity contribution in [1.29, 1.82) is 0 Å². The second-order valence-electron chi connectivity index (χ2n) is 6.91. The minimum Gasteiger partial charge on any atom is -0.366 e. The van der Waals surface area contributed by atoms with E-state index in [0.717, 1.165) is 39.0 Å². The number of aryl methyl sites for hydroxylation is 2. The van der Waals surface area contributed by atoms with Crippen molar-refractivity contribution in [3.8, 4) is 0 Å². The van der Waals surface area contributed by atoms with Gasteiger partial charge in [-0.25, -0.2) is 0 Å². The van der Waals surface area contributed by atoms with Crippen LogP contribution in [0.15, 0.2) is 18.2 Å². The first kappa shape index (κ1) is 16.5. The Kier molecular flexibility index (Phi) is 5.34. The molecule has 3 rings (SSSR count). The van der Waals surface area contributed by atoms with Crippen LogP contribution in [0, 0.1) is 13.8 Å². The molecule has 1 aromatic rings. The van der Waals surface area contributed by atoms with Crippen LogP contribution >= 0.6 is 0 Å². The molecule has 1 unspecified atom stereocenters. The maximum absolute atomic E-state index is 12.6. The fourth-order valence-corrected chi connectivity index (χ4v) is 3.52. The zero-order chi connectivity index (χ0) is 16.2. The van der Waals surface area contributed by atoms with Gasteiger partial charge in [0.25, 0.3) is 5.91 Å². The van der Waals surface area contributed by atoms with Gasteiger partial charge in [0.1, 0.15) is 6.10 Å². The quantitative estimate of drug-likeness (QED) is 0.859.